The maximum absolute atomic E-state index is 13.8. The van der Waals surface area contributed by atoms with E-state index in [1.54, 1.807) is 24.3 Å². The summed E-state index contributed by atoms with van der Waals surface area (Å²) < 4.78 is 0. The van der Waals surface area contributed by atoms with Crippen molar-refractivity contribution in [2.75, 3.05) is 4.90 Å². The molecule has 4 aliphatic rings. The molecule has 0 unspecified atom stereocenters. The van der Waals surface area contributed by atoms with Gasteiger partial charge in [-0.1, -0.05) is 74.8 Å². The summed E-state index contributed by atoms with van der Waals surface area (Å²) in [6, 6.07) is 22.0. The minimum atomic E-state index is -0.374. The quantitative estimate of drug-likeness (QED) is 0.432. The Morgan fingerprint density at radius 3 is 1.81 bits per heavy atom. The maximum Gasteiger partial charge on any atom is 0.238 e. The average Bonchev–Trinajstić information content (AvgIpc) is 3.04. The monoisotopic (exact) mass is 441 g/mol. The van der Waals surface area contributed by atoms with Gasteiger partial charge in [-0.2, -0.15) is 0 Å². The van der Waals surface area contributed by atoms with Crippen LogP contribution in [-0.2, 0) is 15.0 Å². The Morgan fingerprint density at radius 2 is 1.25 bits per heavy atom. The van der Waals surface area contributed by atoms with E-state index in [0.29, 0.717) is 10.7 Å². The van der Waals surface area contributed by atoms with Crippen LogP contribution >= 0.6 is 11.6 Å². The van der Waals surface area contributed by atoms with Crippen LogP contribution in [0.3, 0.4) is 0 Å². The van der Waals surface area contributed by atoms with Gasteiger partial charge in [-0.05, 0) is 57.5 Å². The number of amides is 2. The van der Waals surface area contributed by atoms with Gasteiger partial charge in [0.15, 0.2) is 0 Å². The van der Waals surface area contributed by atoms with E-state index in [2.05, 4.69) is 51.1 Å². The SMILES string of the molecule is CC(C)(C)c1ccc2c(c1)[C@H]1c3ccccc3[C@H]2[C@@H]2C(=O)N(c3ccc(Cl)cc3)C(=O)[C@H]12. The Hall–Kier alpha value is -2.91. The highest BCUT2D eigenvalue weighted by molar-refractivity contribution is 6.31. The minimum Gasteiger partial charge on any atom is -0.274 e. The topological polar surface area (TPSA) is 37.4 Å². The number of benzene rings is 3. The van der Waals surface area contributed by atoms with Crippen molar-refractivity contribution in [2.24, 2.45) is 11.8 Å². The first kappa shape index (κ1) is 19.8. The van der Waals surface area contributed by atoms with Gasteiger partial charge >= 0.3 is 0 Å². The van der Waals surface area contributed by atoms with E-state index >= 15 is 0 Å². The van der Waals surface area contributed by atoms with E-state index < -0.39 is 0 Å². The molecule has 4 atom stereocenters. The van der Waals surface area contributed by atoms with E-state index in [0.717, 1.165) is 0 Å². The zero-order valence-corrected chi connectivity index (χ0v) is 19.1. The molecule has 3 aliphatic carbocycles. The lowest BCUT2D eigenvalue weighted by molar-refractivity contribution is -0.122. The first-order valence-electron chi connectivity index (χ1n) is 11.1. The summed E-state index contributed by atoms with van der Waals surface area (Å²) in [6.45, 7) is 6.62. The van der Waals surface area contributed by atoms with Gasteiger partial charge in [0.1, 0.15) is 0 Å². The van der Waals surface area contributed by atoms with Crippen LogP contribution in [0.15, 0.2) is 66.7 Å². The van der Waals surface area contributed by atoms with Crippen LogP contribution in [-0.4, -0.2) is 11.8 Å². The summed E-state index contributed by atoms with van der Waals surface area (Å²) in [4.78, 5) is 28.9. The Labute approximate surface area is 193 Å². The molecule has 2 bridgehead atoms. The summed E-state index contributed by atoms with van der Waals surface area (Å²) in [5, 5.41) is 0.583. The van der Waals surface area contributed by atoms with Crippen LogP contribution in [0.1, 0.15) is 60.4 Å². The summed E-state index contributed by atoms with van der Waals surface area (Å²) >= 11 is 6.05. The average molecular weight is 442 g/mol. The summed E-state index contributed by atoms with van der Waals surface area (Å²) in [7, 11) is 0. The van der Waals surface area contributed by atoms with E-state index in [-0.39, 0.29) is 40.9 Å². The van der Waals surface area contributed by atoms with Crippen LogP contribution in [0.25, 0.3) is 0 Å². The predicted molar refractivity (Wildman–Crippen MR) is 126 cm³/mol. The number of nitrogens with zero attached hydrogens (tertiary/aromatic N) is 1. The molecule has 0 N–H and O–H groups in total. The third-order valence-corrected chi connectivity index (χ3v) is 7.74. The maximum atomic E-state index is 13.8. The van der Waals surface area contributed by atoms with E-state index in [4.69, 9.17) is 11.6 Å². The van der Waals surface area contributed by atoms with E-state index in [9.17, 15) is 9.59 Å². The van der Waals surface area contributed by atoms with Crippen LogP contribution in [0.2, 0.25) is 5.02 Å². The van der Waals surface area contributed by atoms with Crippen LogP contribution in [0.4, 0.5) is 5.69 Å². The van der Waals surface area contributed by atoms with Crippen molar-refractivity contribution in [1.82, 2.24) is 0 Å². The molecule has 7 rings (SSSR count). The highest BCUT2D eigenvalue weighted by atomic mass is 35.5. The Balaban J connectivity index is 1.56. The fraction of sp³-hybridized carbons (Fsp3) is 0.286. The highest BCUT2D eigenvalue weighted by Crippen LogP contribution is 2.61. The second kappa shape index (κ2) is 6.55. The fourth-order valence-corrected chi connectivity index (χ4v) is 6.16. The Kier molecular flexibility index (Phi) is 4.04. The highest BCUT2D eigenvalue weighted by Gasteiger charge is 2.61. The van der Waals surface area contributed by atoms with Gasteiger partial charge in [-0.15, -0.1) is 0 Å². The number of carbonyl (C=O) groups excluding carboxylic acids is 2. The summed E-state index contributed by atoms with van der Waals surface area (Å²) in [5.74, 6) is -1.14. The molecule has 0 spiro atoms. The summed E-state index contributed by atoms with van der Waals surface area (Å²) in [6.07, 6.45) is 0. The van der Waals surface area contributed by atoms with Crippen LogP contribution in [0.5, 0.6) is 0 Å². The molecule has 0 radical (unpaired) electrons. The van der Waals surface area contributed by atoms with Crippen molar-refractivity contribution < 1.29 is 9.59 Å². The zero-order valence-electron chi connectivity index (χ0n) is 18.3. The van der Waals surface area contributed by atoms with Gasteiger partial charge < -0.3 is 0 Å². The first-order valence-corrected chi connectivity index (χ1v) is 11.5. The number of hydrogen-bond acceptors (Lipinski definition) is 2. The van der Waals surface area contributed by atoms with Crippen molar-refractivity contribution in [3.05, 3.63) is 99.6 Å². The molecule has 1 saturated heterocycles. The van der Waals surface area contributed by atoms with Gasteiger partial charge in [-0.3, -0.25) is 9.59 Å². The lowest BCUT2D eigenvalue weighted by atomic mass is 9.54. The number of hydrogen-bond donors (Lipinski definition) is 0. The molecular weight excluding hydrogens is 418 g/mol. The standard InChI is InChI=1S/C28H24ClNO2/c1-28(2,3)15-8-13-20-21(14-15)23-19-7-5-4-6-18(19)22(20)24-25(23)27(32)30(26(24)31)17-11-9-16(29)10-12-17/h4-14,22-25H,1-3H3/t22-,23-,24+,25-/m1/s1. The number of halogens is 1. The second-order valence-corrected chi connectivity index (χ2v) is 10.7. The van der Waals surface area contributed by atoms with E-state index in [1.807, 2.05) is 12.1 Å². The van der Waals surface area contributed by atoms with Crippen molar-refractivity contribution in [1.29, 1.82) is 0 Å². The van der Waals surface area contributed by atoms with Gasteiger partial charge in [-0.25, -0.2) is 4.90 Å². The minimum absolute atomic E-state index is 0.00941. The van der Waals surface area contributed by atoms with E-state index in [1.165, 1.54) is 32.7 Å². The van der Waals surface area contributed by atoms with Crippen LogP contribution < -0.4 is 4.90 Å². The largest absolute Gasteiger partial charge is 0.274 e. The smallest absolute Gasteiger partial charge is 0.238 e. The van der Waals surface area contributed by atoms with Crippen molar-refractivity contribution >= 4 is 29.1 Å². The third-order valence-electron chi connectivity index (χ3n) is 7.49. The molecule has 160 valence electrons. The van der Waals surface area contributed by atoms with Gasteiger partial charge in [0.2, 0.25) is 11.8 Å². The molecule has 0 aromatic heterocycles. The summed E-state index contributed by atoms with van der Waals surface area (Å²) in [5.41, 5.74) is 6.65. The lowest BCUT2D eigenvalue weighted by Gasteiger charge is -2.46. The first-order chi connectivity index (χ1) is 15.3. The second-order valence-electron chi connectivity index (χ2n) is 10.2. The van der Waals surface area contributed by atoms with Gasteiger partial charge in [0, 0.05) is 16.9 Å². The predicted octanol–water partition coefficient (Wildman–Crippen LogP) is 6.03. The van der Waals surface area contributed by atoms with Gasteiger partial charge in [0.25, 0.3) is 0 Å². The van der Waals surface area contributed by atoms with Crippen molar-refractivity contribution in [3.63, 3.8) is 0 Å². The van der Waals surface area contributed by atoms with Crippen LogP contribution in [0, 0.1) is 11.8 Å². The number of rotatable bonds is 1. The molecule has 1 fully saturated rings. The fourth-order valence-electron chi connectivity index (χ4n) is 6.04. The molecule has 1 heterocycles. The molecule has 4 heteroatoms. The molecule has 32 heavy (non-hydrogen) atoms. The molecule has 3 aromatic carbocycles. The Morgan fingerprint density at radius 1 is 0.719 bits per heavy atom. The third kappa shape index (κ3) is 2.55. The van der Waals surface area contributed by atoms with Crippen molar-refractivity contribution in [3.8, 4) is 0 Å². The van der Waals surface area contributed by atoms with Crippen molar-refractivity contribution in [2.45, 2.75) is 38.0 Å². The number of imide groups is 1. The zero-order chi connectivity index (χ0) is 22.4. The molecular formula is C28H24ClNO2. The lowest BCUT2D eigenvalue weighted by Crippen LogP contribution is -2.41. The number of carbonyl (C=O) groups is 2. The molecule has 0 saturated carbocycles. The normalized spacial score (nSPS) is 25.6. The molecule has 1 aliphatic heterocycles. The molecule has 3 aromatic rings. The molecule has 3 nitrogen and oxygen atoms in total. The van der Waals surface area contributed by atoms with Gasteiger partial charge in [0.05, 0.1) is 17.5 Å². The molecule has 2 amide bonds. The Bertz CT molecular complexity index is 1290. The number of anilines is 1.